The Labute approximate surface area is 151 Å². The number of pyridine rings is 1. The van der Waals surface area contributed by atoms with Gasteiger partial charge >= 0.3 is 0 Å². The Morgan fingerprint density at radius 2 is 1.84 bits per heavy atom. The summed E-state index contributed by atoms with van der Waals surface area (Å²) in [4.78, 5) is 11.3. The monoisotopic (exact) mass is 339 g/mol. The predicted molar refractivity (Wildman–Crippen MR) is 106 cm³/mol. The average Bonchev–Trinajstić information content (AvgIpc) is 2.64. The zero-order valence-electron chi connectivity index (χ0n) is 15.7. The molecule has 0 saturated carbocycles. The Balaban J connectivity index is 1.97. The van der Waals surface area contributed by atoms with Gasteiger partial charge in [-0.25, -0.2) is 9.98 Å². The first-order valence-electron chi connectivity index (χ1n) is 8.80. The van der Waals surface area contributed by atoms with Gasteiger partial charge in [-0.1, -0.05) is 43.3 Å². The molecule has 0 saturated heterocycles. The Kier molecular flexibility index (Phi) is 7.26. The quantitative estimate of drug-likeness (QED) is 0.601. The molecule has 5 heteroatoms. The summed E-state index contributed by atoms with van der Waals surface area (Å²) in [5.74, 6) is 2.19. The molecule has 1 heterocycles. The topological polar surface area (TPSA) is 52.6 Å². The lowest BCUT2D eigenvalue weighted by atomic mass is 10.0. The molecule has 2 N–H and O–H groups in total. The van der Waals surface area contributed by atoms with E-state index >= 15 is 0 Å². The molecule has 0 aliphatic rings. The van der Waals surface area contributed by atoms with Crippen LogP contribution in [0.4, 0.5) is 5.82 Å². The normalized spacial score (nSPS) is 12.6. The van der Waals surface area contributed by atoms with Crippen molar-refractivity contribution in [2.24, 2.45) is 4.99 Å². The van der Waals surface area contributed by atoms with Crippen LogP contribution in [-0.2, 0) is 6.54 Å². The van der Waals surface area contributed by atoms with Gasteiger partial charge in [-0.2, -0.15) is 0 Å². The van der Waals surface area contributed by atoms with Gasteiger partial charge in [-0.05, 0) is 30.5 Å². The van der Waals surface area contributed by atoms with E-state index < -0.39 is 0 Å². The summed E-state index contributed by atoms with van der Waals surface area (Å²) in [5.41, 5.74) is 2.28. The second-order valence-electron chi connectivity index (χ2n) is 6.27. The summed E-state index contributed by atoms with van der Waals surface area (Å²) in [7, 11) is 3.98. The highest BCUT2D eigenvalue weighted by Gasteiger charge is 2.06. The maximum Gasteiger partial charge on any atom is 0.191 e. The third-order valence-electron chi connectivity index (χ3n) is 3.94. The van der Waals surface area contributed by atoms with Gasteiger partial charge in [0.25, 0.3) is 0 Å². The highest BCUT2D eigenvalue weighted by Crippen LogP contribution is 2.13. The predicted octanol–water partition coefficient (Wildman–Crippen LogP) is 3.01. The SMILES string of the molecule is CCNC(=NCc1cccc(N(C)C)n1)NCC(C)c1ccccc1. The van der Waals surface area contributed by atoms with E-state index in [4.69, 9.17) is 0 Å². The van der Waals surface area contributed by atoms with Crippen molar-refractivity contribution in [1.82, 2.24) is 15.6 Å². The van der Waals surface area contributed by atoms with Crippen molar-refractivity contribution in [3.63, 3.8) is 0 Å². The van der Waals surface area contributed by atoms with Gasteiger partial charge in [0, 0.05) is 27.2 Å². The first kappa shape index (κ1) is 18.8. The first-order valence-corrected chi connectivity index (χ1v) is 8.80. The summed E-state index contributed by atoms with van der Waals surface area (Å²) < 4.78 is 0. The number of nitrogens with zero attached hydrogens (tertiary/aromatic N) is 3. The first-order chi connectivity index (χ1) is 12.1. The molecule has 0 aliphatic carbocycles. The lowest BCUT2D eigenvalue weighted by Gasteiger charge is -2.16. The number of aromatic nitrogens is 1. The van der Waals surface area contributed by atoms with Crippen LogP contribution in [0.1, 0.15) is 31.0 Å². The summed E-state index contributed by atoms with van der Waals surface area (Å²) >= 11 is 0. The van der Waals surface area contributed by atoms with Crippen LogP contribution in [0.15, 0.2) is 53.5 Å². The van der Waals surface area contributed by atoms with E-state index in [1.165, 1.54) is 5.56 Å². The zero-order valence-corrected chi connectivity index (χ0v) is 15.7. The van der Waals surface area contributed by atoms with Crippen LogP contribution in [0.3, 0.4) is 0 Å². The molecule has 2 rings (SSSR count). The summed E-state index contributed by atoms with van der Waals surface area (Å²) in [6.07, 6.45) is 0. The van der Waals surface area contributed by atoms with Crippen molar-refractivity contribution in [3.8, 4) is 0 Å². The minimum atomic E-state index is 0.417. The lowest BCUT2D eigenvalue weighted by Crippen LogP contribution is -2.39. The molecular weight excluding hydrogens is 310 g/mol. The van der Waals surface area contributed by atoms with Crippen LogP contribution in [0.2, 0.25) is 0 Å². The van der Waals surface area contributed by atoms with Gasteiger partial charge in [-0.3, -0.25) is 0 Å². The number of aliphatic imine (C=N–C) groups is 1. The Morgan fingerprint density at radius 3 is 2.52 bits per heavy atom. The van der Waals surface area contributed by atoms with Crippen LogP contribution in [0.5, 0.6) is 0 Å². The van der Waals surface area contributed by atoms with Gasteiger partial charge in [-0.15, -0.1) is 0 Å². The van der Waals surface area contributed by atoms with Crippen LogP contribution in [0, 0.1) is 0 Å². The van der Waals surface area contributed by atoms with Gasteiger partial charge in [0.05, 0.1) is 12.2 Å². The second kappa shape index (κ2) is 9.67. The van der Waals surface area contributed by atoms with E-state index in [-0.39, 0.29) is 0 Å². The molecular formula is C20H29N5. The number of benzene rings is 1. The molecule has 0 bridgehead atoms. The van der Waals surface area contributed by atoms with E-state index in [0.717, 1.165) is 30.6 Å². The van der Waals surface area contributed by atoms with Crippen molar-refractivity contribution in [2.45, 2.75) is 26.3 Å². The highest BCUT2D eigenvalue weighted by molar-refractivity contribution is 5.79. The standard InChI is InChI=1S/C20H29N5/c1-5-21-20(22-14-16(2)17-10-7-6-8-11-17)23-15-18-12-9-13-19(24-18)25(3)4/h6-13,16H,5,14-15H2,1-4H3,(H2,21,22,23). The molecule has 1 atom stereocenters. The molecule has 25 heavy (non-hydrogen) atoms. The average molecular weight is 339 g/mol. The van der Waals surface area contributed by atoms with E-state index in [9.17, 15) is 0 Å². The van der Waals surface area contributed by atoms with Gasteiger partial charge < -0.3 is 15.5 Å². The third kappa shape index (κ3) is 6.10. The largest absolute Gasteiger partial charge is 0.363 e. The fourth-order valence-electron chi connectivity index (χ4n) is 2.46. The maximum atomic E-state index is 4.66. The van der Waals surface area contributed by atoms with E-state index in [1.54, 1.807) is 0 Å². The number of hydrogen-bond acceptors (Lipinski definition) is 3. The number of anilines is 1. The minimum absolute atomic E-state index is 0.417. The molecule has 0 radical (unpaired) electrons. The molecule has 1 aromatic carbocycles. The number of rotatable bonds is 7. The van der Waals surface area contributed by atoms with Gasteiger partial charge in [0.2, 0.25) is 0 Å². The van der Waals surface area contributed by atoms with E-state index in [0.29, 0.717) is 12.5 Å². The molecule has 0 aliphatic heterocycles. The van der Waals surface area contributed by atoms with Crippen molar-refractivity contribution in [2.75, 3.05) is 32.1 Å². The fraction of sp³-hybridized carbons (Fsp3) is 0.400. The summed E-state index contributed by atoms with van der Waals surface area (Å²) in [5, 5.41) is 6.72. The molecule has 134 valence electrons. The van der Waals surface area contributed by atoms with Crippen molar-refractivity contribution < 1.29 is 0 Å². The highest BCUT2D eigenvalue weighted by atomic mass is 15.2. The second-order valence-corrected chi connectivity index (χ2v) is 6.27. The lowest BCUT2D eigenvalue weighted by molar-refractivity contribution is 0.699. The zero-order chi connectivity index (χ0) is 18.1. The van der Waals surface area contributed by atoms with Crippen LogP contribution in [0.25, 0.3) is 0 Å². The fourth-order valence-corrected chi connectivity index (χ4v) is 2.46. The van der Waals surface area contributed by atoms with Gasteiger partial charge in [0.15, 0.2) is 5.96 Å². The number of hydrogen-bond donors (Lipinski definition) is 2. The molecule has 0 fully saturated rings. The number of nitrogens with one attached hydrogen (secondary N) is 2. The summed E-state index contributed by atoms with van der Waals surface area (Å²) in [6.45, 7) is 6.51. The molecule has 0 amide bonds. The van der Waals surface area contributed by atoms with Gasteiger partial charge in [0.1, 0.15) is 5.82 Å². The van der Waals surface area contributed by atoms with Crippen LogP contribution >= 0.6 is 0 Å². The minimum Gasteiger partial charge on any atom is -0.363 e. The summed E-state index contributed by atoms with van der Waals surface area (Å²) in [6, 6.07) is 16.5. The molecule has 0 spiro atoms. The Hall–Kier alpha value is -2.56. The molecule has 2 aromatic rings. The van der Waals surface area contributed by atoms with Crippen molar-refractivity contribution >= 4 is 11.8 Å². The third-order valence-corrected chi connectivity index (χ3v) is 3.94. The smallest absolute Gasteiger partial charge is 0.191 e. The van der Waals surface area contributed by atoms with Crippen LogP contribution in [-0.4, -0.2) is 38.1 Å². The maximum absolute atomic E-state index is 4.66. The number of guanidine groups is 1. The Morgan fingerprint density at radius 1 is 1.08 bits per heavy atom. The van der Waals surface area contributed by atoms with E-state index in [2.05, 4.69) is 58.7 Å². The van der Waals surface area contributed by atoms with Crippen LogP contribution < -0.4 is 15.5 Å². The van der Waals surface area contributed by atoms with E-state index in [1.807, 2.05) is 43.3 Å². The molecule has 1 unspecified atom stereocenters. The molecule has 1 aromatic heterocycles. The molecule has 5 nitrogen and oxygen atoms in total. The Bertz CT molecular complexity index is 667. The van der Waals surface area contributed by atoms with Crippen molar-refractivity contribution in [1.29, 1.82) is 0 Å². The van der Waals surface area contributed by atoms with Crippen molar-refractivity contribution in [3.05, 3.63) is 59.8 Å².